The summed E-state index contributed by atoms with van der Waals surface area (Å²) in [4.78, 5) is 16.9. The van der Waals surface area contributed by atoms with E-state index in [1.165, 1.54) is 77.3 Å². The summed E-state index contributed by atoms with van der Waals surface area (Å²) in [7, 11) is 0. The van der Waals surface area contributed by atoms with Crippen molar-refractivity contribution in [3.05, 3.63) is 0 Å². The van der Waals surface area contributed by atoms with Crippen molar-refractivity contribution in [2.24, 2.45) is 22.2 Å². The van der Waals surface area contributed by atoms with Crippen LogP contribution in [0.2, 0.25) is 0 Å². The van der Waals surface area contributed by atoms with Gasteiger partial charge in [0.1, 0.15) is 5.78 Å². The standard InChI is InChI=1S/C20H34N2O/c1-16(23)18(13-17-5-3-2-4-6-17)14-22-19-7-9-20(10-8-19)11-12-21-15-20/h14,17-19,21H,2-13,15H2,1H3. The molecule has 0 aromatic rings. The maximum atomic E-state index is 12.0. The van der Waals surface area contributed by atoms with E-state index >= 15 is 0 Å². The molecule has 3 nitrogen and oxygen atoms in total. The minimum Gasteiger partial charge on any atom is -0.316 e. The molecule has 3 heteroatoms. The molecule has 0 radical (unpaired) electrons. The normalized spacial score (nSPS) is 34.2. The highest BCUT2D eigenvalue weighted by Gasteiger charge is 2.37. The van der Waals surface area contributed by atoms with Crippen molar-refractivity contribution >= 4 is 12.0 Å². The van der Waals surface area contributed by atoms with Gasteiger partial charge in [-0.2, -0.15) is 0 Å². The number of ketones is 1. The van der Waals surface area contributed by atoms with E-state index < -0.39 is 0 Å². The predicted octanol–water partition coefficient (Wildman–Crippen LogP) is 4.16. The molecule has 2 saturated carbocycles. The van der Waals surface area contributed by atoms with E-state index in [1.807, 2.05) is 6.21 Å². The van der Waals surface area contributed by atoms with Crippen molar-refractivity contribution in [2.75, 3.05) is 13.1 Å². The molecule has 3 fully saturated rings. The molecule has 0 amide bonds. The summed E-state index contributed by atoms with van der Waals surface area (Å²) in [6, 6.07) is 0.467. The molecule has 1 atom stereocenters. The van der Waals surface area contributed by atoms with Crippen molar-refractivity contribution in [1.29, 1.82) is 0 Å². The number of hydrogen-bond acceptors (Lipinski definition) is 3. The summed E-state index contributed by atoms with van der Waals surface area (Å²) in [6.07, 6.45) is 16.2. The number of Topliss-reactive ketones (excluding diaryl/α,β-unsaturated/α-hetero) is 1. The quantitative estimate of drug-likeness (QED) is 0.774. The summed E-state index contributed by atoms with van der Waals surface area (Å²) < 4.78 is 0. The molecule has 1 unspecified atom stereocenters. The van der Waals surface area contributed by atoms with Gasteiger partial charge in [-0.3, -0.25) is 9.79 Å². The van der Waals surface area contributed by atoms with Crippen LogP contribution in [0.25, 0.3) is 0 Å². The van der Waals surface area contributed by atoms with E-state index in [0.29, 0.717) is 17.2 Å². The number of hydrogen-bond donors (Lipinski definition) is 1. The molecule has 23 heavy (non-hydrogen) atoms. The monoisotopic (exact) mass is 318 g/mol. The third-order valence-electron chi connectivity index (χ3n) is 6.66. The second-order valence-corrected chi connectivity index (χ2v) is 8.41. The molecule has 130 valence electrons. The molecule has 0 bridgehead atoms. The van der Waals surface area contributed by atoms with E-state index in [1.54, 1.807) is 6.92 Å². The van der Waals surface area contributed by atoms with Gasteiger partial charge in [-0.1, -0.05) is 32.1 Å². The number of rotatable bonds is 5. The molecule has 3 aliphatic rings. The molecule has 1 N–H and O–H groups in total. The second-order valence-electron chi connectivity index (χ2n) is 8.41. The number of nitrogens with zero attached hydrogens (tertiary/aromatic N) is 1. The Bertz CT molecular complexity index is 409. The van der Waals surface area contributed by atoms with Crippen molar-refractivity contribution < 1.29 is 4.79 Å². The van der Waals surface area contributed by atoms with Crippen molar-refractivity contribution in [3.63, 3.8) is 0 Å². The van der Waals surface area contributed by atoms with Gasteiger partial charge in [0, 0.05) is 18.8 Å². The Morgan fingerprint density at radius 3 is 2.52 bits per heavy atom. The smallest absolute Gasteiger partial charge is 0.138 e. The zero-order valence-electron chi connectivity index (χ0n) is 14.9. The molecule has 2 aliphatic carbocycles. The Labute approximate surface area is 141 Å². The molecule has 1 spiro atoms. The molecular weight excluding hydrogens is 284 g/mol. The molecule has 1 heterocycles. The molecule has 1 aliphatic heterocycles. The largest absolute Gasteiger partial charge is 0.316 e. The van der Waals surface area contributed by atoms with Crippen LogP contribution in [0.15, 0.2) is 4.99 Å². The summed E-state index contributed by atoms with van der Waals surface area (Å²) in [5.74, 6) is 1.14. The van der Waals surface area contributed by atoms with Gasteiger partial charge in [-0.05, 0) is 63.3 Å². The number of carbonyl (C=O) groups is 1. The van der Waals surface area contributed by atoms with Crippen LogP contribution in [-0.2, 0) is 4.79 Å². The maximum Gasteiger partial charge on any atom is 0.138 e. The van der Waals surface area contributed by atoms with E-state index in [4.69, 9.17) is 4.99 Å². The summed E-state index contributed by atoms with van der Waals surface area (Å²) >= 11 is 0. The van der Waals surface area contributed by atoms with Gasteiger partial charge in [0.15, 0.2) is 0 Å². The average Bonchev–Trinajstić information content (AvgIpc) is 3.02. The third kappa shape index (κ3) is 4.65. The number of carbonyl (C=O) groups excluding carboxylic acids is 1. The highest BCUT2D eigenvalue weighted by Crippen LogP contribution is 2.41. The first-order valence-electron chi connectivity index (χ1n) is 9.91. The average molecular weight is 319 g/mol. The van der Waals surface area contributed by atoms with Crippen LogP contribution >= 0.6 is 0 Å². The van der Waals surface area contributed by atoms with E-state index in [0.717, 1.165) is 12.3 Å². The van der Waals surface area contributed by atoms with Gasteiger partial charge in [-0.15, -0.1) is 0 Å². The number of aliphatic imine (C=N–C) groups is 1. The maximum absolute atomic E-state index is 12.0. The lowest BCUT2D eigenvalue weighted by atomic mass is 9.72. The van der Waals surface area contributed by atoms with Gasteiger partial charge < -0.3 is 5.32 Å². The zero-order chi connectivity index (χ0) is 16.1. The Morgan fingerprint density at radius 1 is 1.17 bits per heavy atom. The predicted molar refractivity (Wildman–Crippen MR) is 96.0 cm³/mol. The van der Waals surface area contributed by atoms with Crippen LogP contribution in [0.5, 0.6) is 0 Å². The van der Waals surface area contributed by atoms with Gasteiger partial charge in [0.2, 0.25) is 0 Å². The molecule has 1 saturated heterocycles. The van der Waals surface area contributed by atoms with Gasteiger partial charge in [0.25, 0.3) is 0 Å². The first-order valence-corrected chi connectivity index (χ1v) is 9.91. The third-order valence-corrected chi connectivity index (χ3v) is 6.66. The molecule has 0 aromatic carbocycles. The van der Waals surface area contributed by atoms with Crippen molar-refractivity contribution in [2.45, 2.75) is 83.6 Å². The fourth-order valence-corrected chi connectivity index (χ4v) is 4.93. The highest BCUT2D eigenvalue weighted by molar-refractivity contribution is 5.93. The minimum atomic E-state index is 0.0714. The lowest BCUT2D eigenvalue weighted by Gasteiger charge is -2.35. The zero-order valence-corrected chi connectivity index (χ0v) is 14.9. The van der Waals surface area contributed by atoms with Crippen LogP contribution in [0, 0.1) is 17.3 Å². The lowest BCUT2D eigenvalue weighted by molar-refractivity contribution is -0.119. The summed E-state index contributed by atoms with van der Waals surface area (Å²) in [5, 5.41) is 3.53. The van der Waals surface area contributed by atoms with Gasteiger partial charge >= 0.3 is 0 Å². The topological polar surface area (TPSA) is 41.5 Å². The first-order chi connectivity index (χ1) is 11.2. The van der Waals surface area contributed by atoms with Crippen LogP contribution in [0.4, 0.5) is 0 Å². The number of nitrogens with one attached hydrogen (secondary N) is 1. The first kappa shape index (κ1) is 17.1. The lowest BCUT2D eigenvalue weighted by Crippen LogP contribution is -2.31. The molecule has 3 rings (SSSR count). The highest BCUT2D eigenvalue weighted by atomic mass is 16.1. The fourth-order valence-electron chi connectivity index (χ4n) is 4.93. The Morgan fingerprint density at radius 2 is 1.91 bits per heavy atom. The Balaban J connectivity index is 1.49. The van der Waals surface area contributed by atoms with Crippen LogP contribution in [0.3, 0.4) is 0 Å². The van der Waals surface area contributed by atoms with E-state index in [-0.39, 0.29) is 5.92 Å². The van der Waals surface area contributed by atoms with Gasteiger partial charge in [-0.25, -0.2) is 0 Å². The summed E-state index contributed by atoms with van der Waals surface area (Å²) in [5.41, 5.74) is 0.577. The van der Waals surface area contributed by atoms with E-state index in [2.05, 4.69) is 5.32 Å². The minimum absolute atomic E-state index is 0.0714. The molecular formula is C20H34N2O. The molecule has 0 aromatic heterocycles. The summed E-state index contributed by atoms with van der Waals surface area (Å²) in [6.45, 7) is 4.16. The van der Waals surface area contributed by atoms with Gasteiger partial charge in [0.05, 0.1) is 5.92 Å². The van der Waals surface area contributed by atoms with Crippen molar-refractivity contribution in [1.82, 2.24) is 5.32 Å². The fraction of sp³-hybridized carbons (Fsp3) is 0.900. The van der Waals surface area contributed by atoms with Crippen LogP contribution < -0.4 is 5.32 Å². The second kappa shape index (κ2) is 7.92. The Kier molecular flexibility index (Phi) is 5.90. The SMILES string of the molecule is CC(=O)C(C=NC1CCC2(CCNC2)CC1)CC1CCCCC1. The van der Waals surface area contributed by atoms with Crippen molar-refractivity contribution in [3.8, 4) is 0 Å². The van der Waals surface area contributed by atoms with Crippen LogP contribution in [0.1, 0.15) is 77.6 Å². The Hall–Kier alpha value is -0.700. The van der Waals surface area contributed by atoms with E-state index in [9.17, 15) is 4.79 Å². The van der Waals surface area contributed by atoms with Crippen LogP contribution in [-0.4, -0.2) is 31.1 Å².